The average Bonchev–Trinajstić information content (AvgIpc) is 4.17. The molecule has 0 fully saturated rings. The third kappa shape index (κ3) is 11.8. The van der Waals surface area contributed by atoms with Gasteiger partial charge in [-0.2, -0.15) is 0 Å². The number of nitrogens with zero attached hydrogens (tertiary/aromatic N) is 2. The molecule has 0 atom stereocenters. The van der Waals surface area contributed by atoms with Crippen LogP contribution in [-0.4, -0.2) is 21.2 Å². The van der Waals surface area contributed by atoms with Gasteiger partial charge in [-0.1, -0.05) is 239 Å². The Kier molecular flexibility index (Phi) is 14.2. The summed E-state index contributed by atoms with van der Waals surface area (Å²) in [4.78, 5) is 19.7. The molecule has 7 aromatic rings. The molecule has 2 N–H and O–H groups in total. The first-order chi connectivity index (χ1) is 36.6. The van der Waals surface area contributed by atoms with Crippen LogP contribution in [0.3, 0.4) is 0 Å². The van der Waals surface area contributed by atoms with Gasteiger partial charge in [0.2, 0.25) is 0 Å². The molecule has 5 heterocycles. The first-order valence-corrected chi connectivity index (χ1v) is 29.5. The Labute approximate surface area is 482 Å². The van der Waals surface area contributed by atoms with Crippen molar-refractivity contribution >= 4 is 46.1 Å². The molecule has 80 heavy (non-hydrogen) atoms. The fourth-order valence-electron chi connectivity index (χ4n) is 11.0. The molecule has 9 rings (SSSR count). The number of hydrogen-bond acceptors (Lipinski definition) is 2. The molecule has 4 aromatic carbocycles. The van der Waals surface area contributed by atoms with Crippen LogP contribution < -0.4 is 0 Å². The third-order valence-corrected chi connectivity index (χ3v) is 16.6. The normalized spacial score (nSPS) is 13.9. The van der Waals surface area contributed by atoms with Crippen LogP contribution in [0, 0.1) is 0 Å². The highest BCUT2D eigenvalue weighted by atomic mass is 14.8. The molecule has 8 bridgehead atoms. The van der Waals surface area contributed by atoms with E-state index >= 15 is 0 Å². The minimum atomic E-state index is -0.0985. The number of aliphatic imine (C=N–C) groups is 1. The van der Waals surface area contributed by atoms with E-state index in [1.54, 1.807) is 0 Å². The Morgan fingerprint density at radius 2 is 0.512 bits per heavy atom. The molecule has 4 heteroatoms. The van der Waals surface area contributed by atoms with Crippen molar-refractivity contribution < 1.29 is 0 Å². The molecule has 0 saturated carbocycles. The first kappa shape index (κ1) is 58.1. The van der Waals surface area contributed by atoms with Gasteiger partial charge in [0.05, 0.1) is 17.1 Å². The summed E-state index contributed by atoms with van der Waals surface area (Å²) in [6.45, 7) is 55.8. The van der Waals surface area contributed by atoms with Crippen molar-refractivity contribution in [2.24, 2.45) is 4.99 Å². The summed E-state index contributed by atoms with van der Waals surface area (Å²) in [6.07, 6.45) is 6.63. The highest BCUT2D eigenvalue weighted by Crippen LogP contribution is 2.46. The molecule has 0 aliphatic carbocycles. The average molecular weight is 1060 g/mol. The van der Waals surface area contributed by atoms with E-state index in [1.807, 2.05) is 0 Å². The van der Waals surface area contributed by atoms with Crippen molar-refractivity contribution in [2.75, 3.05) is 0 Å². The van der Waals surface area contributed by atoms with Gasteiger partial charge >= 0.3 is 0 Å². The smallest absolute Gasteiger partial charge is 0.0737 e. The lowest BCUT2D eigenvalue weighted by molar-refractivity contribution is 0.568. The Morgan fingerprint density at radius 1 is 0.275 bits per heavy atom. The van der Waals surface area contributed by atoms with Crippen molar-refractivity contribution in [3.8, 4) is 44.5 Å². The van der Waals surface area contributed by atoms with Crippen molar-refractivity contribution in [3.63, 3.8) is 0 Å². The fraction of sp³-hybridized carbons (Fsp3) is 0.421. The lowest BCUT2D eigenvalue weighted by Gasteiger charge is -2.26. The second-order valence-electron chi connectivity index (χ2n) is 31.7. The Hall–Kier alpha value is -6.52. The van der Waals surface area contributed by atoms with E-state index in [-0.39, 0.29) is 43.3 Å². The summed E-state index contributed by atoms with van der Waals surface area (Å²) in [5.74, 6) is 0. The van der Waals surface area contributed by atoms with Crippen LogP contribution in [-0.2, 0) is 43.3 Å². The van der Waals surface area contributed by atoms with Gasteiger partial charge in [-0.3, -0.25) is 4.99 Å². The van der Waals surface area contributed by atoms with Crippen LogP contribution in [0.1, 0.15) is 228 Å². The Balaban J connectivity index is 1.56. The van der Waals surface area contributed by atoms with E-state index in [9.17, 15) is 0 Å². The summed E-state index contributed by atoms with van der Waals surface area (Å²) in [5.41, 5.74) is 26.3. The molecule has 0 saturated heterocycles. The number of H-pyrrole nitrogens is 2. The summed E-state index contributed by atoms with van der Waals surface area (Å²) in [7, 11) is 0. The maximum atomic E-state index is 5.87. The number of benzene rings is 4. The number of hydrogen-bond donors (Lipinski definition) is 2. The summed E-state index contributed by atoms with van der Waals surface area (Å²) < 4.78 is 0. The summed E-state index contributed by atoms with van der Waals surface area (Å²) in [5, 5.41) is 0. The molecule has 0 radical (unpaired) electrons. The van der Waals surface area contributed by atoms with Gasteiger partial charge in [0.15, 0.2) is 0 Å². The van der Waals surface area contributed by atoms with Crippen LogP contribution in [0.5, 0.6) is 0 Å². The molecular weight excluding hydrogens is 969 g/mol. The van der Waals surface area contributed by atoms with Gasteiger partial charge in [-0.25, -0.2) is 4.98 Å². The largest absolute Gasteiger partial charge is 0.354 e. The second kappa shape index (κ2) is 19.6. The molecule has 3 aromatic heterocycles. The lowest BCUT2D eigenvalue weighted by atomic mass is 9.78. The third-order valence-electron chi connectivity index (χ3n) is 16.6. The fourth-order valence-corrected chi connectivity index (χ4v) is 11.0. The molecule has 2 aliphatic heterocycles. The maximum absolute atomic E-state index is 5.87. The molecule has 418 valence electrons. The molecular formula is C76H94N4. The number of aromatic amines is 2. The van der Waals surface area contributed by atoms with Gasteiger partial charge < -0.3 is 9.97 Å². The van der Waals surface area contributed by atoms with E-state index in [2.05, 4.69) is 298 Å². The SMILES string of the molecule is CC(C)(C)c1cc(-c2c3cc(c(-c4cc(C(C)(C)C)cc(C(C)(C)C)c4)c4ccc([nH]4)c(-c4cc(C(C)(C)C)cc(C(C)(C)C)c4)c4nc(c(-c5cc(C(C)(C)C)cc(C(C)(C)C)c5)c5ccc2[nH]5)C=C4)N=C3)cc(C(C)(C)C)c1. The second-order valence-corrected chi connectivity index (χ2v) is 31.7. The Morgan fingerprint density at radius 3 is 0.787 bits per heavy atom. The predicted molar refractivity (Wildman–Crippen MR) is 351 cm³/mol. The van der Waals surface area contributed by atoms with Crippen LogP contribution in [0.2, 0.25) is 0 Å². The monoisotopic (exact) mass is 1060 g/mol. The van der Waals surface area contributed by atoms with Crippen LogP contribution in [0.4, 0.5) is 5.69 Å². The standard InChI is InChI=1S/C76H94N4/c1-69(2,3)50-31-45(32-51(40-50)70(4,5)6)65-49-39-64(77-44-49)68(48-37-56(75(19,20)21)43-57(38-48)76(22,23)24)63-30-29-62(80-63)67(47-35-54(73(13,14)15)42-55(36-47)74(16,17)18)61-28-27-60(79-61)66(59-26-25-58(65)78-59)46-33-52(71(7,8)9)41-53(34-46)72(10,11)12/h25-44,78,80H,1-24H3. The van der Waals surface area contributed by atoms with Crippen LogP contribution in [0.25, 0.3) is 78.7 Å². The molecule has 0 unspecified atom stereocenters. The quantitative estimate of drug-likeness (QED) is 0.181. The van der Waals surface area contributed by atoms with E-state index in [1.165, 1.54) is 44.5 Å². The minimum Gasteiger partial charge on any atom is -0.354 e. The van der Waals surface area contributed by atoms with E-state index in [0.717, 1.165) is 89.2 Å². The lowest BCUT2D eigenvalue weighted by Crippen LogP contribution is -2.16. The van der Waals surface area contributed by atoms with Gasteiger partial charge in [0.25, 0.3) is 0 Å². The molecule has 2 aliphatic rings. The van der Waals surface area contributed by atoms with Gasteiger partial charge in [-0.15, -0.1) is 0 Å². The van der Waals surface area contributed by atoms with Crippen molar-refractivity contribution in [2.45, 2.75) is 209 Å². The number of aromatic nitrogens is 3. The Bertz CT molecular complexity index is 3190. The maximum Gasteiger partial charge on any atom is 0.0737 e. The van der Waals surface area contributed by atoms with Gasteiger partial charge in [0.1, 0.15) is 0 Å². The van der Waals surface area contributed by atoms with E-state index in [4.69, 9.17) is 9.98 Å². The number of fused-ring (bicyclic) bond motifs is 8. The van der Waals surface area contributed by atoms with Gasteiger partial charge in [0, 0.05) is 56.1 Å². The predicted octanol–water partition coefficient (Wildman–Crippen LogP) is 21.9. The zero-order valence-corrected chi connectivity index (χ0v) is 53.4. The minimum absolute atomic E-state index is 0.0938. The summed E-state index contributed by atoms with van der Waals surface area (Å²) >= 11 is 0. The van der Waals surface area contributed by atoms with Crippen molar-refractivity contribution in [1.82, 2.24) is 15.0 Å². The topological polar surface area (TPSA) is 56.8 Å². The van der Waals surface area contributed by atoms with Crippen molar-refractivity contribution in [3.05, 3.63) is 165 Å². The summed E-state index contributed by atoms with van der Waals surface area (Å²) in [6, 6.07) is 40.5. The van der Waals surface area contributed by atoms with Crippen molar-refractivity contribution in [1.29, 1.82) is 0 Å². The zero-order chi connectivity index (χ0) is 58.8. The highest BCUT2D eigenvalue weighted by Gasteiger charge is 2.29. The van der Waals surface area contributed by atoms with Gasteiger partial charge in [-0.05, 0) is 153 Å². The molecule has 4 nitrogen and oxygen atoms in total. The van der Waals surface area contributed by atoms with Crippen LogP contribution >= 0.6 is 0 Å². The van der Waals surface area contributed by atoms with E-state index in [0.29, 0.717) is 0 Å². The molecule has 0 amide bonds. The zero-order valence-electron chi connectivity index (χ0n) is 53.4. The molecule has 0 spiro atoms. The number of rotatable bonds is 4. The first-order valence-electron chi connectivity index (χ1n) is 29.5. The number of nitrogens with one attached hydrogen (secondary N) is 2. The van der Waals surface area contributed by atoms with E-state index < -0.39 is 0 Å². The highest BCUT2D eigenvalue weighted by molar-refractivity contribution is 6.05. The van der Waals surface area contributed by atoms with Crippen LogP contribution in [0.15, 0.2) is 108 Å².